The third-order valence-corrected chi connectivity index (χ3v) is 1.93. The summed E-state index contributed by atoms with van der Waals surface area (Å²) in [6.07, 6.45) is 0.967. The van der Waals surface area contributed by atoms with Gasteiger partial charge in [-0.3, -0.25) is 0 Å². The smallest absolute Gasteiger partial charge is 0.379 e. The standard InChI is InChI=1S/C5H9ClO2S/c1-3-4(2)9-8-5(6)7/h4H,3H2,1-2H3. The molecule has 0 heterocycles. The maximum Gasteiger partial charge on any atom is 0.415 e. The number of hydrogen-bond acceptors (Lipinski definition) is 3. The SMILES string of the molecule is CCC(C)SOC(=O)Cl. The zero-order valence-corrected chi connectivity index (χ0v) is 6.96. The topological polar surface area (TPSA) is 26.3 Å². The lowest BCUT2D eigenvalue weighted by atomic mass is 10.4. The Kier molecular flexibility index (Phi) is 5.00. The Labute approximate surface area is 64.1 Å². The van der Waals surface area contributed by atoms with Crippen LogP contribution in [0.4, 0.5) is 4.79 Å². The van der Waals surface area contributed by atoms with E-state index in [0.29, 0.717) is 5.25 Å². The van der Waals surface area contributed by atoms with Crippen LogP contribution >= 0.6 is 23.6 Å². The van der Waals surface area contributed by atoms with Crippen LogP contribution in [-0.2, 0) is 4.18 Å². The highest BCUT2D eigenvalue weighted by Crippen LogP contribution is 2.15. The second kappa shape index (κ2) is 4.94. The van der Waals surface area contributed by atoms with E-state index in [2.05, 4.69) is 4.18 Å². The highest BCUT2D eigenvalue weighted by Gasteiger charge is 2.02. The van der Waals surface area contributed by atoms with E-state index in [0.717, 1.165) is 18.5 Å². The lowest BCUT2D eigenvalue weighted by molar-refractivity contribution is 0.232. The molecule has 0 bridgehead atoms. The first-order valence-corrected chi connectivity index (χ1v) is 3.88. The van der Waals surface area contributed by atoms with Gasteiger partial charge in [0.15, 0.2) is 0 Å². The highest BCUT2D eigenvalue weighted by atomic mass is 35.5. The van der Waals surface area contributed by atoms with Crippen molar-refractivity contribution in [1.82, 2.24) is 0 Å². The number of halogens is 1. The van der Waals surface area contributed by atoms with Crippen LogP contribution in [0, 0.1) is 0 Å². The molecule has 4 heteroatoms. The molecule has 0 aromatic heterocycles. The normalized spacial score (nSPS) is 12.8. The predicted octanol–water partition coefficient (Wildman–Crippen LogP) is 2.81. The Morgan fingerprint density at radius 2 is 2.44 bits per heavy atom. The minimum Gasteiger partial charge on any atom is -0.379 e. The molecule has 1 atom stereocenters. The van der Waals surface area contributed by atoms with Crippen LogP contribution < -0.4 is 0 Å². The van der Waals surface area contributed by atoms with Gasteiger partial charge in [-0.05, 0) is 6.42 Å². The van der Waals surface area contributed by atoms with E-state index in [1.165, 1.54) is 0 Å². The predicted molar refractivity (Wildman–Crippen MR) is 39.7 cm³/mol. The first kappa shape index (κ1) is 9.11. The zero-order valence-electron chi connectivity index (χ0n) is 5.39. The van der Waals surface area contributed by atoms with Gasteiger partial charge in [-0.25, -0.2) is 4.79 Å². The second-order valence-electron chi connectivity index (χ2n) is 1.64. The van der Waals surface area contributed by atoms with Crippen LogP contribution in [0.5, 0.6) is 0 Å². The number of carbonyl (C=O) groups excluding carboxylic acids is 1. The molecule has 0 aromatic carbocycles. The first-order valence-electron chi connectivity index (χ1n) is 2.69. The third-order valence-electron chi connectivity index (χ3n) is 0.853. The Morgan fingerprint density at radius 3 is 2.78 bits per heavy atom. The van der Waals surface area contributed by atoms with Gasteiger partial charge in [-0.15, -0.1) is 0 Å². The van der Waals surface area contributed by atoms with Crippen LogP contribution in [0.1, 0.15) is 20.3 Å². The van der Waals surface area contributed by atoms with Crippen LogP contribution in [0.2, 0.25) is 0 Å². The Balaban J connectivity index is 3.16. The lowest BCUT2D eigenvalue weighted by Gasteiger charge is -2.02. The summed E-state index contributed by atoms with van der Waals surface area (Å²) in [6.45, 7) is 3.98. The maximum atomic E-state index is 9.99. The Morgan fingerprint density at radius 1 is 1.89 bits per heavy atom. The van der Waals surface area contributed by atoms with Crippen molar-refractivity contribution in [3.8, 4) is 0 Å². The number of carbonyl (C=O) groups is 1. The fourth-order valence-corrected chi connectivity index (χ4v) is 0.673. The van der Waals surface area contributed by atoms with E-state index in [9.17, 15) is 4.79 Å². The van der Waals surface area contributed by atoms with Crippen molar-refractivity contribution >= 4 is 29.1 Å². The summed E-state index contributed by atoms with van der Waals surface area (Å²) in [6, 6.07) is 0. The lowest BCUT2D eigenvalue weighted by Crippen LogP contribution is -1.95. The van der Waals surface area contributed by atoms with E-state index in [1.807, 2.05) is 13.8 Å². The highest BCUT2D eigenvalue weighted by molar-refractivity contribution is 7.95. The van der Waals surface area contributed by atoms with E-state index in [4.69, 9.17) is 11.6 Å². The summed E-state index contributed by atoms with van der Waals surface area (Å²) in [5.41, 5.74) is -0.750. The Bertz CT molecular complexity index is 97.0. The molecule has 0 rings (SSSR count). The number of rotatable bonds is 3. The van der Waals surface area contributed by atoms with Gasteiger partial charge >= 0.3 is 5.43 Å². The molecular formula is C5H9ClO2S. The largest absolute Gasteiger partial charge is 0.415 e. The van der Waals surface area contributed by atoms with Gasteiger partial charge < -0.3 is 4.18 Å². The van der Waals surface area contributed by atoms with Crippen LogP contribution in [0.25, 0.3) is 0 Å². The molecule has 0 N–H and O–H groups in total. The average molecular weight is 169 g/mol. The fraction of sp³-hybridized carbons (Fsp3) is 0.800. The molecule has 0 aliphatic rings. The van der Waals surface area contributed by atoms with Gasteiger partial charge in [0.1, 0.15) is 0 Å². The van der Waals surface area contributed by atoms with Crippen molar-refractivity contribution < 1.29 is 8.98 Å². The van der Waals surface area contributed by atoms with Gasteiger partial charge in [-0.1, -0.05) is 13.8 Å². The molecule has 0 aliphatic heterocycles. The molecule has 0 saturated carbocycles. The van der Waals surface area contributed by atoms with Crippen molar-refractivity contribution in [2.75, 3.05) is 0 Å². The number of hydrogen-bond donors (Lipinski definition) is 0. The van der Waals surface area contributed by atoms with Crippen molar-refractivity contribution in [2.45, 2.75) is 25.5 Å². The van der Waals surface area contributed by atoms with E-state index >= 15 is 0 Å². The summed E-state index contributed by atoms with van der Waals surface area (Å²) in [5.74, 6) is 0. The maximum absolute atomic E-state index is 9.99. The molecule has 0 amide bonds. The second-order valence-corrected chi connectivity index (χ2v) is 3.11. The van der Waals surface area contributed by atoms with Crippen LogP contribution in [0.3, 0.4) is 0 Å². The average Bonchev–Trinajstić information content (AvgIpc) is 1.83. The molecule has 0 fully saturated rings. The fourth-order valence-electron chi connectivity index (χ4n) is 0.188. The van der Waals surface area contributed by atoms with Gasteiger partial charge in [0.2, 0.25) is 0 Å². The molecule has 0 spiro atoms. The molecular weight excluding hydrogens is 160 g/mol. The third kappa shape index (κ3) is 5.99. The molecule has 0 saturated heterocycles. The minimum atomic E-state index is -0.750. The summed E-state index contributed by atoms with van der Waals surface area (Å²) in [4.78, 5) is 9.99. The van der Waals surface area contributed by atoms with E-state index < -0.39 is 5.43 Å². The molecule has 0 radical (unpaired) electrons. The first-order chi connectivity index (χ1) is 4.16. The van der Waals surface area contributed by atoms with Crippen LogP contribution in [0.15, 0.2) is 0 Å². The van der Waals surface area contributed by atoms with Gasteiger partial charge in [0.25, 0.3) is 0 Å². The molecule has 0 aromatic rings. The molecule has 2 nitrogen and oxygen atoms in total. The molecule has 9 heavy (non-hydrogen) atoms. The Hall–Kier alpha value is 0.110. The van der Waals surface area contributed by atoms with Gasteiger partial charge in [0.05, 0.1) is 12.0 Å². The van der Waals surface area contributed by atoms with Gasteiger partial charge in [-0.2, -0.15) is 0 Å². The van der Waals surface area contributed by atoms with Crippen molar-refractivity contribution in [3.05, 3.63) is 0 Å². The summed E-state index contributed by atoms with van der Waals surface area (Å²) in [7, 11) is 0. The van der Waals surface area contributed by atoms with Crippen LogP contribution in [-0.4, -0.2) is 10.7 Å². The van der Waals surface area contributed by atoms with Crippen molar-refractivity contribution in [2.24, 2.45) is 0 Å². The molecule has 0 aliphatic carbocycles. The quantitative estimate of drug-likeness (QED) is 0.479. The summed E-state index contributed by atoms with van der Waals surface area (Å²) in [5, 5.41) is 0.327. The monoisotopic (exact) mass is 168 g/mol. The van der Waals surface area contributed by atoms with E-state index in [-0.39, 0.29) is 0 Å². The molecule has 54 valence electrons. The van der Waals surface area contributed by atoms with Crippen molar-refractivity contribution in [1.29, 1.82) is 0 Å². The van der Waals surface area contributed by atoms with Gasteiger partial charge in [0, 0.05) is 16.9 Å². The summed E-state index contributed by atoms with van der Waals surface area (Å²) < 4.78 is 4.44. The zero-order chi connectivity index (χ0) is 7.28. The minimum absolute atomic E-state index is 0.327. The molecule has 1 unspecified atom stereocenters. The summed E-state index contributed by atoms with van der Waals surface area (Å²) >= 11 is 6.00. The van der Waals surface area contributed by atoms with Crippen molar-refractivity contribution in [3.63, 3.8) is 0 Å². The van der Waals surface area contributed by atoms with E-state index in [1.54, 1.807) is 0 Å².